The van der Waals surface area contributed by atoms with Gasteiger partial charge in [0.05, 0.1) is 11.6 Å². The van der Waals surface area contributed by atoms with Crippen LogP contribution in [-0.2, 0) is 0 Å². The molecule has 44 heavy (non-hydrogen) atoms. The third-order valence-corrected chi connectivity index (χ3v) is 10.3. The first-order valence-electron chi connectivity index (χ1n) is 15.4. The van der Waals surface area contributed by atoms with Crippen LogP contribution in [0.4, 0.5) is 19.0 Å². The number of benzene rings is 2. The van der Waals surface area contributed by atoms with Crippen LogP contribution in [0.1, 0.15) is 32.1 Å². The van der Waals surface area contributed by atoms with E-state index < -0.39 is 23.3 Å². The lowest BCUT2D eigenvalue weighted by Gasteiger charge is -2.40. The first-order chi connectivity index (χ1) is 21.4. The number of ether oxygens (including phenoxy) is 2. The second kappa shape index (κ2) is 9.55. The fourth-order valence-electron chi connectivity index (χ4n) is 8.36. The molecule has 3 unspecified atom stereocenters. The number of nitrogens with one attached hydrogen (secondary N) is 1. The predicted molar refractivity (Wildman–Crippen MR) is 157 cm³/mol. The highest BCUT2D eigenvalue weighted by atomic mass is 19.1. The molecule has 0 amide bonds. The maximum Gasteiger partial charge on any atom is 0.319 e. The Balaban J connectivity index is 1.23. The Kier molecular flexibility index (Phi) is 5.75. The van der Waals surface area contributed by atoms with Crippen molar-refractivity contribution in [3.8, 4) is 28.9 Å². The van der Waals surface area contributed by atoms with Crippen molar-refractivity contribution in [2.75, 3.05) is 37.7 Å². The number of fused-ring (bicyclic) bond motifs is 7. The molecule has 5 aliphatic heterocycles. The number of piperazine rings is 1. The number of aromatic hydroxyl groups is 1. The van der Waals surface area contributed by atoms with Crippen LogP contribution in [0.3, 0.4) is 0 Å². The van der Waals surface area contributed by atoms with Crippen molar-refractivity contribution in [1.29, 1.82) is 0 Å². The zero-order valence-corrected chi connectivity index (χ0v) is 23.9. The van der Waals surface area contributed by atoms with Crippen molar-refractivity contribution in [1.82, 2.24) is 25.2 Å². The molecule has 0 radical (unpaired) electrons. The van der Waals surface area contributed by atoms with E-state index in [-0.39, 0.29) is 71.1 Å². The minimum Gasteiger partial charge on any atom is -0.508 e. The molecule has 0 saturated carbocycles. The van der Waals surface area contributed by atoms with E-state index in [0.717, 1.165) is 32.2 Å². The van der Waals surface area contributed by atoms with E-state index in [4.69, 9.17) is 14.5 Å². The molecule has 2 aromatic heterocycles. The Labute approximate surface area is 251 Å². The lowest BCUT2D eigenvalue weighted by molar-refractivity contribution is 0.107. The number of hydrogen-bond acceptors (Lipinski definition) is 9. The van der Waals surface area contributed by atoms with Crippen molar-refractivity contribution >= 4 is 27.5 Å². The Bertz CT molecular complexity index is 1840. The zero-order chi connectivity index (χ0) is 29.7. The maximum absolute atomic E-state index is 16.8. The van der Waals surface area contributed by atoms with Crippen molar-refractivity contribution in [3.63, 3.8) is 0 Å². The van der Waals surface area contributed by atoms with Gasteiger partial charge in [0, 0.05) is 42.5 Å². The molecular formula is C32H31F3N6O3. The van der Waals surface area contributed by atoms with Crippen LogP contribution in [0.2, 0.25) is 0 Å². The highest BCUT2D eigenvalue weighted by molar-refractivity contribution is 6.02. The molecule has 0 spiro atoms. The second-order valence-electron chi connectivity index (χ2n) is 12.9. The zero-order valence-electron chi connectivity index (χ0n) is 23.9. The van der Waals surface area contributed by atoms with Gasteiger partial charge in [0.15, 0.2) is 5.82 Å². The number of phenolic OH excluding ortho intramolecular Hbond substituents is 1. The van der Waals surface area contributed by atoms with Gasteiger partial charge in [0.1, 0.15) is 53.4 Å². The van der Waals surface area contributed by atoms with Gasteiger partial charge in [-0.15, -0.1) is 0 Å². The first kappa shape index (κ1) is 26.5. The van der Waals surface area contributed by atoms with Gasteiger partial charge in [0.2, 0.25) is 5.88 Å². The summed E-state index contributed by atoms with van der Waals surface area (Å²) in [6.45, 7) is 2.34. The smallest absolute Gasteiger partial charge is 0.319 e. The van der Waals surface area contributed by atoms with E-state index in [2.05, 4.69) is 25.1 Å². The van der Waals surface area contributed by atoms with E-state index in [1.165, 1.54) is 24.3 Å². The third-order valence-electron chi connectivity index (χ3n) is 10.3. The summed E-state index contributed by atoms with van der Waals surface area (Å²) in [5.41, 5.74) is -0.593. The van der Waals surface area contributed by atoms with Crippen LogP contribution in [0.25, 0.3) is 32.9 Å². The minimum absolute atomic E-state index is 0.00323. The summed E-state index contributed by atoms with van der Waals surface area (Å²) >= 11 is 0. The number of aromatic nitrogens is 3. The quantitative estimate of drug-likeness (QED) is 0.350. The summed E-state index contributed by atoms with van der Waals surface area (Å²) in [6.07, 6.45) is 3.24. The van der Waals surface area contributed by atoms with Crippen LogP contribution in [0.15, 0.2) is 30.3 Å². The van der Waals surface area contributed by atoms with E-state index in [1.807, 2.05) is 0 Å². The highest BCUT2D eigenvalue weighted by Crippen LogP contribution is 2.45. The number of anilines is 1. The van der Waals surface area contributed by atoms with Gasteiger partial charge in [-0.25, -0.2) is 18.2 Å². The summed E-state index contributed by atoms with van der Waals surface area (Å²) in [5.74, 6) is -0.881. The van der Waals surface area contributed by atoms with E-state index >= 15 is 8.78 Å². The SMILES string of the molecule is Oc1cc(-c2nc3c4c(nc(OC[C@@]56CCCN5C[C@H](F)C6)nc4c2F)N2CC4CCC(N4)C2CO3)c2c(F)cccc2c1. The summed E-state index contributed by atoms with van der Waals surface area (Å²) in [6, 6.07) is 7.54. The lowest BCUT2D eigenvalue weighted by atomic mass is 9.95. The summed E-state index contributed by atoms with van der Waals surface area (Å²) in [7, 11) is 0. The molecule has 4 aromatic rings. The molecular weight excluding hydrogens is 573 g/mol. The average molecular weight is 605 g/mol. The predicted octanol–water partition coefficient (Wildman–Crippen LogP) is 4.49. The number of pyridine rings is 1. The van der Waals surface area contributed by atoms with Gasteiger partial charge < -0.3 is 24.8 Å². The molecule has 4 fully saturated rings. The summed E-state index contributed by atoms with van der Waals surface area (Å²) in [4.78, 5) is 18.3. The molecule has 12 heteroatoms. The van der Waals surface area contributed by atoms with Crippen LogP contribution in [0.5, 0.6) is 17.6 Å². The van der Waals surface area contributed by atoms with Crippen molar-refractivity contribution in [2.24, 2.45) is 0 Å². The normalized spacial score (nSPS) is 29.1. The van der Waals surface area contributed by atoms with Gasteiger partial charge in [0.25, 0.3) is 0 Å². The molecule has 7 heterocycles. The molecule has 4 saturated heterocycles. The highest BCUT2D eigenvalue weighted by Gasteiger charge is 2.50. The van der Waals surface area contributed by atoms with Crippen molar-refractivity contribution < 1.29 is 27.8 Å². The minimum atomic E-state index is -0.915. The van der Waals surface area contributed by atoms with Crippen LogP contribution in [-0.4, -0.2) is 87.6 Å². The molecule has 9 rings (SSSR count). The number of nitrogens with zero attached hydrogens (tertiary/aromatic N) is 5. The Hall–Kier alpha value is -3.90. The van der Waals surface area contributed by atoms with E-state index in [1.54, 1.807) is 6.07 Å². The second-order valence-corrected chi connectivity index (χ2v) is 12.9. The maximum atomic E-state index is 16.8. The number of rotatable bonds is 4. The molecule has 5 aliphatic rings. The van der Waals surface area contributed by atoms with E-state index in [0.29, 0.717) is 36.1 Å². The standard InChI is InChI=1S/C32H31F3N6O3/c33-17-11-32(7-2-8-40(32)12-17)15-44-31-38-28-25-29(39-31)41-13-18-5-6-22(36-18)23(41)14-43-30(25)37-27(26(28)35)20-10-19(42)9-16-3-1-4-21(34)24(16)20/h1,3-4,9-10,17-18,22-23,36,42H,2,5-8,11-15H2/t17-,18?,22?,23?,32+/m1/s1. The van der Waals surface area contributed by atoms with Crippen LogP contribution < -0.4 is 19.7 Å². The molecule has 2 bridgehead atoms. The summed E-state index contributed by atoms with van der Waals surface area (Å²) in [5, 5.41) is 15.0. The van der Waals surface area contributed by atoms with Crippen molar-refractivity contribution in [3.05, 3.63) is 42.0 Å². The molecule has 2 aromatic carbocycles. The Morgan fingerprint density at radius 2 is 2.02 bits per heavy atom. The van der Waals surface area contributed by atoms with Gasteiger partial charge in [-0.3, -0.25) is 4.90 Å². The Morgan fingerprint density at radius 3 is 2.93 bits per heavy atom. The average Bonchev–Trinajstić information content (AvgIpc) is 3.64. The largest absolute Gasteiger partial charge is 0.508 e. The van der Waals surface area contributed by atoms with Gasteiger partial charge in [-0.1, -0.05) is 12.1 Å². The molecule has 5 atom stereocenters. The fourth-order valence-corrected chi connectivity index (χ4v) is 8.36. The van der Waals surface area contributed by atoms with Crippen molar-refractivity contribution in [2.45, 2.75) is 61.9 Å². The molecule has 2 N–H and O–H groups in total. The fraction of sp³-hybridized carbons (Fsp3) is 0.469. The number of hydrogen-bond donors (Lipinski definition) is 2. The molecule has 228 valence electrons. The number of halogens is 3. The Morgan fingerprint density at radius 1 is 1.11 bits per heavy atom. The van der Waals surface area contributed by atoms with Crippen LogP contribution in [0, 0.1) is 11.6 Å². The lowest BCUT2D eigenvalue weighted by Crippen LogP contribution is -2.60. The van der Waals surface area contributed by atoms with Crippen LogP contribution >= 0.6 is 0 Å². The summed E-state index contributed by atoms with van der Waals surface area (Å²) < 4.78 is 59.1. The van der Waals surface area contributed by atoms with Gasteiger partial charge in [-0.2, -0.15) is 9.97 Å². The van der Waals surface area contributed by atoms with Gasteiger partial charge >= 0.3 is 6.01 Å². The monoisotopic (exact) mass is 604 g/mol. The van der Waals surface area contributed by atoms with E-state index in [9.17, 15) is 9.50 Å². The first-order valence-corrected chi connectivity index (χ1v) is 15.4. The molecule has 9 nitrogen and oxygen atoms in total. The number of alkyl halides is 1. The topological polar surface area (TPSA) is 95.9 Å². The number of phenols is 1. The third kappa shape index (κ3) is 3.89. The van der Waals surface area contributed by atoms with Gasteiger partial charge in [-0.05, 0) is 55.8 Å². The molecule has 0 aliphatic carbocycles.